The number of ketones is 1. The van der Waals surface area contributed by atoms with Gasteiger partial charge in [-0.3, -0.25) is 4.79 Å². The number of carbonyl (C=O) groups is 1. The van der Waals surface area contributed by atoms with Gasteiger partial charge < -0.3 is 10.2 Å². The van der Waals surface area contributed by atoms with Crippen molar-refractivity contribution in [2.45, 2.75) is 44.3 Å². The SMILES string of the molecule is O=C1CCC[C@@H](O)[C@@H](O)CC1. The van der Waals surface area contributed by atoms with Crippen molar-refractivity contribution in [3.63, 3.8) is 0 Å². The molecule has 0 heterocycles. The van der Waals surface area contributed by atoms with Crippen LogP contribution in [0.15, 0.2) is 0 Å². The van der Waals surface area contributed by atoms with E-state index in [4.69, 9.17) is 0 Å². The van der Waals surface area contributed by atoms with Crippen LogP contribution in [0, 0.1) is 0 Å². The first kappa shape index (κ1) is 8.68. The third kappa shape index (κ3) is 2.60. The molecule has 2 atom stereocenters. The molecule has 0 radical (unpaired) electrons. The minimum absolute atomic E-state index is 0.205. The van der Waals surface area contributed by atoms with Crippen molar-refractivity contribution in [1.29, 1.82) is 0 Å². The lowest BCUT2D eigenvalue weighted by Gasteiger charge is -2.19. The number of hydrogen-bond donors (Lipinski definition) is 2. The molecule has 0 saturated heterocycles. The first-order chi connectivity index (χ1) is 5.20. The Labute approximate surface area is 66.0 Å². The van der Waals surface area contributed by atoms with Gasteiger partial charge in [-0.05, 0) is 19.3 Å². The Hall–Kier alpha value is -0.410. The lowest BCUT2D eigenvalue weighted by Crippen LogP contribution is -2.28. The summed E-state index contributed by atoms with van der Waals surface area (Å²) in [6, 6.07) is 0. The predicted molar refractivity (Wildman–Crippen MR) is 40.1 cm³/mol. The number of hydrogen-bond acceptors (Lipinski definition) is 3. The van der Waals surface area contributed by atoms with Crippen molar-refractivity contribution < 1.29 is 15.0 Å². The highest BCUT2D eigenvalue weighted by Crippen LogP contribution is 2.15. The quantitative estimate of drug-likeness (QED) is 0.531. The van der Waals surface area contributed by atoms with Gasteiger partial charge >= 0.3 is 0 Å². The van der Waals surface area contributed by atoms with E-state index in [2.05, 4.69) is 0 Å². The first-order valence-electron chi connectivity index (χ1n) is 4.08. The van der Waals surface area contributed by atoms with E-state index in [1.54, 1.807) is 0 Å². The van der Waals surface area contributed by atoms with Crippen LogP contribution in [0.1, 0.15) is 32.1 Å². The second kappa shape index (κ2) is 3.83. The van der Waals surface area contributed by atoms with Gasteiger partial charge in [-0.2, -0.15) is 0 Å². The van der Waals surface area contributed by atoms with E-state index in [-0.39, 0.29) is 5.78 Å². The average Bonchev–Trinajstić information content (AvgIpc) is 1.98. The lowest BCUT2D eigenvalue weighted by atomic mass is 9.96. The molecule has 0 unspecified atom stereocenters. The predicted octanol–water partition coefficient (Wildman–Crippen LogP) is 0.241. The molecule has 0 aromatic heterocycles. The summed E-state index contributed by atoms with van der Waals surface area (Å²) in [6.07, 6.45) is 1.33. The zero-order valence-corrected chi connectivity index (χ0v) is 6.49. The molecule has 0 aromatic carbocycles. The number of rotatable bonds is 0. The molecule has 1 rings (SSSR count). The molecule has 1 fully saturated rings. The van der Waals surface area contributed by atoms with Crippen LogP contribution >= 0.6 is 0 Å². The maximum absolute atomic E-state index is 10.9. The Morgan fingerprint density at radius 3 is 2.45 bits per heavy atom. The summed E-state index contributed by atoms with van der Waals surface area (Å²) in [4.78, 5) is 10.9. The third-order valence-corrected chi connectivity index (χ3v) is 2.12. The summed E-state index contributed by atoms with van der Waals surface area (Å²) < 4.78 is 0. The van der Waals surface area contributed by atoms with E-state index in [9.17, 15) is 15.0 Å². The van der Waals surface area contributed by atoms with Gasteiger partial charge in [0.2, 0.25) is 0 Å². The minimum Gasteiger partial charge on any atom is -0.390 e. The van der Waals surface area contributed by atoms with Crippen LogP contribution < -0.4 is 0 Å². The maximum atomic E-state index is 10.9. The fraction of sp³-hybridized carbons (Fsp3) is 0.875. The van der Waals surface area contributed by atoms with Gasteiger partial charge in [0.25, 0.3) is 0 Å². The van der Waals surface area contributed by atoms with E-state index < -0.39 is 12.2 Å². The summed E-state index contributed by atoms with van der Waals surface area (Å²) in [5.41, 5.74) is 0. The number of aliphatic hydroxyl groups excluding tert-OH is 2. The van der Waals surface area contributed by atoms with E-state index in [0.29, 0.717) is 32.1 Å². The van der Waals surface area contributed by atoms with E-state index in [1.165, 1.54) is 0 Å². The van der Waals surface area contributed by atoms with Crippen LogP contribution in [-0.4, -0.2) is 28.2 Å². The van der Waals surface area contributed by atoms with Gasteiger partial charge in [0.05, 0.1) is 12.2 Å². The summed E-state index contributed by atoms with van der Waals surface area (Å²) in [5.74, 6) is 0.205. The third-order valence-electron chi connectivity index (χ3n) is 2.12. The van der Waals surface area contributed by atoms with E-state index >= 15 is 0 Å². The van der Waals surface area contributed by atoms with E-state index in [1.807, 2.05) is 0 Å². The fourth-order valence-electron chi connectivity index (χ4n) is 1.33. The fourth-order valence-corrected chi connectivity index (χ4v) is 1.33. The zero-order valence-electron chi connectivity index (χ0n) is 6.49. The van der Waals surface area contributed by atoms with Crippen LogP contribution in [0.4, 0.5) is 0 Å². The molecule has 0 amide bonds. The van der Waals surface area contributed by atoms with Crippen molar-refractivity contribution in [1.82, 2.24) is 0 Å². The molecule has 0 spiro atoms. The second-order valence-corrected chi connectivity index (χ2v) is 3.10. The van der Waals surface area contributed by atoms with E-state index in [0.717, 1.165) is 0 Å². The molecule has 2 N–H and O–H groups in total. The molecule has 11 heavy (non-hydrogen) atoms. The van der Waals surface area contributed by atoms with Crippen LogP contribution in [0.2, 0.25) is 0 Å². The summed E-state index contributed by atoms with van der Waals surface area (Å²) in [7, 11) is 0. The molecule has 1 aliphatic rings. The molecule has 0 bridgehead atoms. The number of Topliss-reactive ketones (excluding diaryl/α,β-unsaturated/α-hetero) is 1. The van der Waals surface area contributed by atoms with Gasteiger partial charge in [0.15, 0.2) is 0 Å². The van der Waals surface area contributed by atoms with Crippen LogP contribution in [0.25, 0.3) is 0 Å². The second-order valence-electron chi connectivity index (χ2n) is 3.10. The smallest absolute Gasteiger partial charge is 0.133 e. The molecule has 3 heteroatoms. The highest BCUT2D eigenvalue weighted by molar-refractivity contribution is 5.78. The van der Waals surface area contributed by atoms with Gasteiger partial charge in [0, 0.05) is 12.8 Å². The van der Waals surface area contributed by atoms with Gasteiger partial charge in [-0.15, -0.1) is 0 Å². The number of carbonyl (C=O) groups excluding carboxylic acids is 1. The highest BCUT2D eigenvalue weighted by atomic mass is 16.3. The summed E-state index contributed by atoms with van der Waals surface area (Å²) in [5, 5.41) is 18.4. The van der Waals surface area contributed by atoms with Crippen molar-refractivity contribution in [3.8, 4) is 0 Å². The Kier molecular flexibility index (Phi) is 3.02. The van der Waals surface area contributed by atoms with Gasteiger partial charge in [-0.1, -0.05) is 0 Å². The number of aliphatic hydroxyl groups is 2. The lowest BCUT2D eigenvalue weighted by molar-refractivity contribution is -0.121. The van der Waals surface area contributed by atoms with Crippen LogP contribution in [-0.2, 0) is 4.79 Å². The molecular formula is C8H14O3. The monoisotopic (exact) mass is 158 g/mol. The van der Waals surface area contributed by atoms with Crippen molar-refractivity contribution >= 4 is 5.78 Å². The van der Waals surface area contributed by atoms with Crippen molar-refractivity contribution in [2.75, 3.05) is 0 Å². The van der Waals surface area contributed by atoms with Crippen molar-refractivity contribution in [3.05, 3.63) is 0 Å². The molecular weight excluding hydrogens is 144 g/mol. The topological polar surface area (TPSA) is 57.5 Å². The standard InChI is InChI=1S/C8H14O3/c9-6-2-1-3-7(10)8(11)5-4-6/h7-8,10-11H,1-5H2/t7-,8+/m1/s1. The largest absolute Gasteiger partial charge is 0.390 e. The summed E-state index contributed by atoms with van der Waals surface area (Å²) in [6.45, 7) is 0. The molecule has 1 saturated carbocycles. The molecule has 1 aliphatic carbocycles. The summed E-state index contributed by atoms with van der Waals surface area (Å²) >= 11 is 0. The van der Waals surface area contributed by atoms with Gasteiger partial charge in [-0.25, -0.2) is 0 Å². The molecule has 3 nitrogen and oxygen atoms in total. The highest BCUT2D eigenvalue weighted by Gasteiger charge is 2.20. The Balaban J connectivity index is 2.40. The van der Waals surface area contributed by atoms with Crippen molar-refractivity contribution in [2.24, 2.45) is 0 Å². The van der Waals surface area contributed by atoms with Crippen LogP contribution in [0.5, 0.6) is 0 Å². The average molecular weight is 158 g/mol. The molecule has 0 aliphatic heterocycles. The first-order valence-corrected chi connectivity index (χ1v) is 4.08. The Morgan fingerprint density at radius 2 is 1.73 bits per heavy atom. The molecule has 64 valence electrons. The Morgan fingerprint density at radius 1 is 1.09 bits per heavy atom. The molecule has 0 aromatic rings. The normalized spacial score (nSPS) is 34.5. The van der Waals surface area contributed by atoms with Gasteiger partial charge in [0.1, 0.15) is 5.78 Å². The minimum atomic E-state index is -0.695. The van der Waals surface area contributed by atoms with Crippen LogP contribution in [0.3, 0.4) is 0 Å². The Bertz CT molecular complexity index is 144. The zero-order chi connectivity index (χ0) is 8.27. The maximum Gasteiger partial charge on any atom is 0.133 e.